The minimum atomic E-state index is -0.335. The van der Waals surface area contributed by atoms with Crippen molar-refractivity contribution in [3.05, 3.63) is 64.2 Å². The number of rotatable bonds is 5. The van der Waals surface area contributed by atoms with Crippen LogP contribution in [0.25, 0.3) is 11.0 Å². The number of imidazole rings is 1. The minimum absolute atomic E-state index is 0.161. The standard InChI is InChI=1S/C16H15N3O2S/c1-2-18-15-10-6-4-8-13(15)17-16(18)22-11-12-7-3-5-9-14(12)19(20)21/h3-10H,2,11H2,1H3. The summed E-state index contributed by atoms with van der Waals surface area (Å²) in [5.74, 6) is 0.528. The lowest BCUT2D eigenvalue weighted by Gasteiger charge is -2.06. The Labute approximate surface area is 132 Å². The number of hydrogen-bond donors (Lipinski definition) is 0. The van der Waals surface area contributed by atoms with Gasteiger partial charge in [0, 0.05) is 23.9 Å². The van der Waals surface area contributed by atoms with Gasteiger partial charge < -0.3 is 4.57 Å². The average Bonchev–Trinajstić information content (AvgIpc) is 2.90. The molecular weight excluding hydrogens is 298 g/mol. The lowest BCUT2D eigenvalue weighted by atomic mass is 10.2. The zero-order valence-corrected chi connectivity index (χ0v) is 12.9. The summed E-state index contributed by atoms with van der Waals surface area (Å²) in [5.41, 5.74) is 2.92. The molecule has 1 aromatic heterocycles. The van der Waals surface area contributed by atoms with Crippen molar-refractivity contribution in [3.8, 4) is 0 Å². The van der Waals surface area contributed by atoms with E-state index in [0.29, 0.717) is 11.3 Å². The molecule has 1 heterocycles. The molecule has 0 amide bonds. The Hall–Kier alpha value is -2.34. The molecule has 0 N–H and O–H groups in total. The second kappa shape index (κ2) is 6.19. The van der Waals surface area contributed by atoms with Gasteiger partial charge in [-0.2, -0.15) is 0 Å². The van der Waals surface area contributed by atoms with Crippen molar-refractivity contribution in [2.75, 3.05) is 0 Å². The van der Waals surface area contributed by atoms with E-state index in [1.807, 2.05) is 30.3 Å². The fraction of sp³-hybridized carbons (Fsp3) is 0.188. The predicted octanol–water partition coefficient (Wildman–Crippen LogP) is 4.26. The third-order valence-corrected chi connectivity index (χ3v) is 4.51. The number of aromatic nitrogens is 2. The second-order valence-corrected chi connectivity index (χ2v) is 5.74. The number of nitrogens with zero attached hydrogens (tertiary/aromatic N) is 3. The SMILES string of the molecule is CCn1c(SCc2ccccc2[N+](=O)[O-])nc2ccccc21. The molecule has 112 valence electrons. The topological polar surface area (TPSA) is 61.0 Å². The molecule has 3 aromatic rings. The zero-order chi connectivity index (χ0) is 15.5. The number of aryl methyl sites for hydroxylation is 1. The van der Waals surface area contributed by atoms with E-state index in [1.165, 1.54) is 11.8 Å². The molecule has 0 aliphatic heterocycles. The minimum Gasteiger partial charge on any atom is -0.319 e. The number of nitro groups is 1. The van der Waals surface area contributed by atoms with Gasteiger partial charge in [0.15, 0.2) is 5.16 Å². The number of thioether (sulfide) groups is 1. The summed E-state index contributed by atoms with van der Waals surface area (Å²) >= 11 is 1.53. The molecule has 5 nitrogen and oxygen atoms in total. The summed E-state index contributed by atoms with van der Waals surface area (Å²) in [4.78, 5) is 15.4. The van der Waals surface area contributed by atoms with E-state index < -0.39 is 0 Å². The van der Waals surface area contributed by atoms with Crippen LogP contribution in [-0.2, 0) is 12.3 Å². The van der Waals surface area contributed by atoms with Crippen LogP contribution in [0.15, 0.2) is 53.7 Å². The van der Waals surface area contributed by atoms with Crippen molar-refractivity contribution in [1.29, 1.82) is 0 Å². The van der Waals surface area contributed by atoms with Crippen LogP contribution < -0.4 is 0 Å². The summed E-state index contributed by atoms with van der Waals surface area (Å²) in [6, 6.07) is 14.8. The van der Waals surface area contributed by atoms with E-state index in [-0.39, 0.29) is 10.6 Å². The molecule has 2 aromatic carbocycles. The molecule has 0 aliphatic rings. The Balaban J connectivity index is 1.90. The van der Waals surface area contributed by atoms with E-state index >= 15 is 0 Å². The van der Waals surface area contributed by atoms with Gasteiger partial charge in [0.25, 0.3) is 5.69 Å². The number of fused-ring (bicyclic) bond motifs is 1. The van der Waals surface area contributed by atoms with Gasteiger partial charge in [-0.1, -0.05) is 42.1 Å². The molecule has 0 fully saturated rings. The van der Waals surface area contributed by atoms with Gasteiger partial charge in [0.05, 0.1) is 16.0 Å². The van der Waals surface area contributed by atoms with Crippen molar-refractivity contribution < 1.29 is 4.92 Å². The van der Waals surface area contributed by atoms with Gasteiger partial charge in [0.1, 0.15) is 0 Å². The molecular formula is C16H15N3O2S. The molecule has 0 radical (unpaired) electrons. The monoisotopic (exact) mass is 313 g/mol. The van der Waals surface area contributed by atoms with Crippen LogP contribution in [0.5, 0.6) is 0 Å². The Morgan fingerprint density at radius 1 is 1.18 bits per heavy atom. The summed E-state index contributed by atoms with van der Waals surface area (Å²) in [6.45, 7) is 2.89. The number of para-hydroxylation sites is 3. The maximum Gasteiger partial charge on any atom is 0.273 e. The number of hydrogen-bond acceptors (Lipinski definition) is 4. The van der Waals surface area contributed by atoms with Gasteiger partial charge in [-0.05, 0) is 19.1 Å². The zero-order valence-electron chi connectivity index (χ0n) is 12.1. The van der Waals surface area contributed by atoms with Crippen LogP contribution in [0, 0.1) is 10.1 Å². The van der Waals surface area contributed by atoms with Gasteiger partial charge in [-0.15, -0.1) is 0 Å². The Morgan fingerprint density at radius 2 is 1.91 bits per heavy atom. The first-order valence-corrected chi connectivity index (χ1v) is 7.99. The highest BCUT2D eigenvalue weighted by Gasteiger charge is 2.15. The Kier molecular flexibility index (Phi) is 4.11. The summed E-state index contributed by atoms with van der Waals surface area (Å²) < 4.78 is 2.13. The van der Waals surface area contributed by atoms with Gasteiger partial charge >= 0.3 is 0 Å². The van der Waals surface area contributed by atoms with E-state index in [0.717, 1.165) is 22.7 Å². The Morgan fingerprint density at radius 3 is 2.68 bits per heavy atom. The highest BCUT2D eigenvalue weighted by Crippen LogP contribution is 2.29. The van der Waals surface area contributed by atoms with Gasteiger partial charge in [-0.3, -0.25) is 10.1 Å². The first-order valence-electron chi connectivity index (χ1n) is 7.01. The molecule has 0 atom stereocenters. The summed E-state index contributed by atoms with van der Waals surface area (Å²) in [5, 5.41) is 12.0. The second-order valence-electron chi connectivity index (χ2n) is 4.80. The maximum absolute atomic E-state index is 11.1. The molecule has 0 spiro atoms. The normalized spacial score (nSPS) is 11.0. The molecule has 22 heavy (non-hydrogen) atoms. The molecule has 0 saturated heterocycles. The first-order chi connectivity index (χ1) is 10.7. The van der Waals surface area contributed by atoms with Crippen LogP contribution in [0.3, 0.4) is 0 Å². The van der Waals surface area contributed by atoms with E-state index in [1.54, 1.807) is 18.2 Å². The van der Waals surface area contributed by atoms with Crippen LogP contribution in [0.2, 0.25) is 0 Å². The molecule has 0 bridgehead atoms. The summed E-state index contributed by atoms with van der Waals surface area (Å²) in [7, 11) is 0. The van der Waals surface area contributed by atoms with Gasteiger partial charge in [-0.25, -0.2) is 4.98 Å². The number of nitro benzene ring substituents is 1. The molecule has 0 unspecified atom stereocenters. The first kappa shape index (κ1) is 14.6. The van der Waals surface area contributed by atoms with E-state index in [9.17, 15) is 10.1 Å². The van der Waals surface area contributed by atoms with Crippen LogP contribution in [-0.4, -0.2) is 14.5 Å². The van der Waals surface area contributed by atoms with Crippen LogP contribution in [0.1, 0.15) is 12.5 Å². The van der Waals surface area contributed by atoms with Crippen molar-refractivity contribution in [1.82, 2.24) is 9.55 Å². The molecule has 0 saturated carbocycles. The lowest BCUT2D eigenvalue weighted by molar-refractivity contribution is -0.385. The number of benzene rings is 2. The average molecular weight is 313 g/mol. The molecule has 0 aliphatic carbocycles. The largest absolute Gasteiger partial charge is 0.319 e. The highest BCUT2D eigenvalue weighted by atomic mass is 32.2. The third kappa shape index (κ3) is 2.69. The predicted molar refractivity (Wildman–Crippen MR) is 88.1 cm³/mol. The quantitative estimate of drug-likeness (QED) is 0.401. The van der Waals surface area contributed by atoms with E-state index in [4.69, 9.17) is 0 Å². The fourth-order valence-electron chi connectivity index (χ4n) is 2.42. The van der Waals surface area contributed by atoms with Crippen LogP contribution >= 0.6 is 11.8 Å². The Bertz CT molecular complexity index is 829. The van der Waals surface area contributed by atoms with Gasteiger partial charge in [0.2, 0.25) is 0 Å². The van der Waals surface area contributed by atoms with Crippen molar-refractivity contribution in [3.63, 3.8) is 0 Å². The van der Waals surface area contributed by atoms with Crippen molar-refractivity contribution in [2.45, 2.75) is 24.4 Å². The van der Waals surface area contributed by atoms with Crippen molar-refractivity contribution in [2.24, 2.45) is 0 Å². The van der Waals surface area contributed by atoms with Crippen molar-refractivity contribution >= 4 is 28.5 Å². The third-order valence-electron chi connectivity index (χ3n) is 3.48. The molecule has 6 heteroatoms. The fourth-order valence-corrected chi connectivity index (χ4v) is 3.50. The van der Waals surface area contributed by atoms with E-state index in [2.05, 4.69) is 16.5 Å². The lowest BCUT2D eigenvalue weighted by Crippen LogP contribution is -1.98. The summed E-state index contributed by atoms with van der Waals surface area (Å²) in [6.07, 6.45) is 0. The van der Waals surface area contributed by atoms with Crippen LogP contribution in [0.4, 0.5) is 5.69 Å². The molecule has 3 rings (SSSR count). The highest BCUT2D eigenvalue weighted by molar-refractivity contribution is 7.98. The maximum atomic E-state index is 11.1. The smallest absolute Gasteiger partial charge is 0.273 e.